The Labute approximate surface area is 174 Å². The zero-order chi connectivity index (χ0) is 19.9. The van der Waals surface area contributed by atoms with Crippen LogP contribution < -0.4 is 5.32 Å². The van der Waals surface area contributed by atoms with Crippen LogP contribution in [0.3, 0.4) is 0 Å². The van der Waals surface area contributed by atoms with Crippen molar-refractivity contribution >= 4 is 6.03 Å². The van der Waals surface area contributed by atoms with Crippen molar-refractivity contribution < 1.29 is 4.79 Å². The van der Waals surface area contributed by atoms with Gasteiger partial charge in [-0.1, -0.05) is 67.1 Å². The topological polar surface area (TPSA) is 35.6 Å². The Balaban J connectivity index is 1.35. The maximum Gasteiger partial charge on any atom is 0.318 e. The molecule has 2 aliphatic heterocycles. The number of hydrogen-bond acceptors (Lipinski definition) is 2. The van der Waals surface area contributed by atoms with Gasteiger partial charge in [-0.25, -0.2) is 4.79 Å². The summed E-state index contributed by atoms with van der Waals surface area (Å²) in [6, 6.07) is 20.4. The molecule has 0 saturated carbocycles. The molecule has 4 nitrogen and oxygen atoms in total. The number of hydrogen-bond donors (Lipinski definition) is 1. The SMILES string of the molecule is O=C(NC(c1ccccc1)c1ccccc1)N1CCC(CN2CCCCC2)CC1. The summed E-state index contributed by atoms with van der Waals surface area (Å²) in [5, 5.41) is 3.29. The second kappa shape index (κ2) is 9.93. The minimum atomic E-state index is -0.115. The number of benzene rings is 2. The van der Waals surface area contributed by atoms with Gasteiger partial charge in [0.05, 0.1) is 6.04 Å². The molecule has 2 aliphatic rings. The molecule has 2 saturated heterocycles. The van der Waals surface area contributed by atoms with Gasteiger partial charge in [0.15, 0.2) is 0 Å². The normalized spacial score (nSPS) is 18.7. The molecule has 0 atom stereocenters. The summed E-state index contributed by atoms with van der Waals surface area (Å²) in [5.41, 5.74) is 2.24. The smallest absolute Gasteiger partial charge is 0.318 e. The molecule has 2 amide bonds. The van der Waals surface area contributed by atoms with Gasteiger partial charge in [0.2, 0.25) is 0 Å². The highest BCUT2D eigenvalue weighted by molar-refractivity contribution is 5.75. The Morgan fingerprint density at radius 3 is 1.93 bits per heavy atom. The Kier molecular flexibility index (Phi) is 6.83. The number of likely N-dealkylation sites (tertiary alicyclic amines) is 2. The summed E-state index contributed by atoms with van der Waals surface area (Å²) in [7, 11) is 0. The zero-order valence-electron chi connectivity index (χ0n) is 17.3. The number of nitrogens with zero attached hydrogens (tertiary/aromatic N) is 2. The average molecular weight is 392 g/mol. The number of rotatable bonds is 5. The van der Waals surface area contributed by atoms with E-state index in [0.29, 0.717) is 0 Å². The van der Waals surface area contributed by atoms with Crippen molar-refractivity contribution in [2.24, 2.45) is 5.92 Å². The van der Waals surface area contributed by atoms with Gasteiger partial charge in [0.1, 0.15) is 0 Å². The molecule has 0 bridgehead atoms. The molecule has 2 heterocycles. The number of urea groups is 1. The first-order valence-electron chi connectivity index (χ1n) is 11.2. The van der Waals surface area contributed by atoms with Crippen molar-refractivity contribution in [3.05, 3.63) is 71.8 Å². The van der Waals surface area contributed by atoms with Crippen molar-refractivity contribution in [2.45, 2.75) is 38.1 Å². The van der Waals surface area contributed by atoms with Crippen LogP contribution in [0.2, 0.25) is 0 Å². The van der Waals surface area contributed by atoms with Crippen LogP contribution in [-0.4, -0.2) is 48.6 Å². The standard InChI is InChI=1S/C25H33N3O/c29-25(28-18-14-21(15-19-28)20-27-16-8-3-9-17-27)26-24(22-10-4-1-5-11-22)23-12-6-2-7-13-23/h1-2,4-7,10-13,21,24H,3,8-9,14-20H2,(H,26,29). The molecule has 4 heteroatoms. The molecular weight excluding hydrogens is 358 g/mol. The lowest BCUT2D eigenvalue weighted by molar-refractivity contribution is 0.136. The predicted molar refractivity (Wildman–Crippen MR) is 118 cm³/mol. The van der Waals surface area contributed by atoms with Crippen LogP contribution in [0.25, 0.3) is 0 Å². The third-order valence-electron chi connectivity index (χ3n) is 6.40. The molecule has 2 aromatic carbocycles. The molecular formula is C25H33N3O. The van der Waals surface area contributed by atoms with Crippen LogP contribution >= 0.6 is 0 Å². The zero-order valence-corrected chi connectivity index (χ0v) is 17.3. The molecule has 0 aliphatic carbocycles. The Morgan fingerprint density at radius 2 is 1.38 bits per heavy atom. The Hall–Kier alpha value is -2.33. The lowest BCUT2D eigenvalue weighted by atomic mass is 9.95. The van der Waals surface area contributed by atoms with E-state index in [9.17, 15) is 4.79 Å². The summed E-state index contributed by atoms with van der Waals surface area (Å²) in [6.45, 7) is 5.46. The Morgan fingerprint density at radius 1 is 0.828 bits per heavy atom. The van der Waals surface area contributed by atoms with Crippen molar-refractivity contribution in [1.29, 1.82) is 0 Å². The number of amides is 2. The van der Waals surface area contributed by atoms with Crippen molar-refractivity contribution in [3.63, 3.8) is 0 Å². The van der Waals surface area contributed by atoms with Gasteiger partial charge in [0, 0.05) is 19.6 Å². The molecule has 0 radical (unpaired) electrons. The molecule has 0 aromatic heterocycles. The molecule has 154 valence electrons. The van der Waals surface area contributed by atoms with E-state index >= 15 is 0 Å². The molecule has 1 N–H and O–H groups in total. The summed E-state index contributed by atoms with van der Waals surface area (Å²) >= 11 is 0. The van der Waals surface area contributed by atoms with Crippen molar-refractivity contribution in [1.82, 2.24) is 15.1 Å². The minimum absolute atomic E-state index is 0.0547. The lowest BCUT2D eigenvalue weighted by Crippen LogP contribution is -2.47. The van der Waals surface area contributed by atoms with Crippen LogP contribution in [0.5, 0.6) is 0 Å². The Bertz CT molecular complexity index is 711. The van der Waals surface area contributed by atoms with Crippen LogP contribution in [0.1, 0.15) is 49.3 Å². The second-order valence-corrected chi connectivity index (χ2v) is 8.50. The van der Waals surface area contributed by atoms with E-state index in [2.05, 4.69) is 34.5 Å². The third-order valence-corrected chi connectivity index (χ3v) is 6.40. The highest BCUT2D eigenvalue weighted by Crippen LogP contribution is 2.24. The van der Waals surface area contributed by atoms with Crippen LogP contribution in [0.15, 0.2) is 60.7 Å². The summed E-state index contributed by atoms with van der Waals surface area (Å²) in [6.07, 6.45) is 6.32. The van der Waals surface area contributed by atoms with E-state index in [0.717, 1.165) is 43.0 Å². The van der Waals surface area contributed by atoms with Crippen molar-refractivity contribution in [3.8, 4) is 0 Å². The quantitative estimate of drug-likeness (QED) is 0.803. The number of piperidine rings is 2. The van der Waals surface area contributed by atoms with E-state index in [1.54, 1.807) is 0 Å². The van der Waals surface area contributed by atoms with E-state index < -0.39 is 0 Å². The van der Waals surface area contributed by atoms with Crippen LogP contribution in [0.4, 0.5) is 4.79 Å². The van der Waals surface area contributed by atoms with E-state index in [4.69, 9.17) is 0 Å². The average Bonchev–Trinajstić information content (AvgIpc) is 2.80. The fourth-order valence-corrected chi connectivity index (χ4v) is 4.69. The lowest BCUT2D eigenvalue weighted by Gasteiger charge is -2.36. The van der Waals surface area contributed by atoms with Gasteiger partial charge < -0.3 is 15.1 Å². The number of carbonyl (C=O) groups is 1. The second-order valence-electron chi connectivity index (χ2n) is 8.50. The van der Waals surface area contributed by atoms with Gasteiger partial charge in [-0.15, -0.1) is 0 Å². The summed E-state index contributed by atoms with van der Waals surface area (Å²) in [5.74, 6) is 0.733. The highest BCUT2D eigenvalue weighted by atomic mass is 16.2. The van der Waals surface area contributed by atoms with Crippen LogP contribution in [0, 0.1) is 5.92 Å². The van der Waals surface area contributed by atoms with E-state index in [-0.39, 0.29) is 12.1 Å². The largest absolute Gasteiger partial charge is 0.327 e. The fourth-order valence-electron chi connectivity index (χ4n) is 4.69. The molecule has 2 aromatic rings. The summed E-state index contributed by atoms with van der Waals surface area (Å²) < 4.78 is 0. The van der Waals surface area contributed by atoms with E-state index in [1.807, 2.05) is 41.3 Å². The molecule has 0 spiro atoms. The fraction of sp³-hybridized carbons (Fsp3) is 0.480. The van der Waals surface area contributed by atoms with Gasteiger partial charge >= 0.3 is 6.03 Å². The predicted octanol–water partition coefficient (Wildman–Crippen LogP) is 4.68. The first-order valence-corrected chi connectivity index (χ1v) is 11.2. The maximum atomic E-state index is 13.1. The highest BCUT2D eigenvalue weighted by Gasteiger charge is 2.26. The monoisotopic (exact) mass is 391 g/mol. The van der Waals surface area contributed by atoms with Gasteiger partial charge in [-0.2, -0.15) is 0 Å². The number of carbonyl (C=O) groups excluding carboxylic acids is 1. The van der Waals surface area contributed by atoms with Crippen molar-refractivity contribution in [2.75, 3.05) is 32.7 Å². The van der Waals surface area contributed by atoms with Gasteiger partial charge in [-0.3, -0.25) is 0 Å². The third kappa shape index (κ3) is 5.39. The first-order chi connectivity index (χ1) is 14.3. The minimum Gasteiger partial charge on any atom is -0.327 e. The summed E-state index contributed by atoms with van der Waals surface area (Å²) in [4.78, 5) is 17.7. The first kappa shape index (κ1) is 20.0. The molecule has 0 unspecified atom stereocenters. The van der Waals surface area contributed by atoms with Gasteiger partial charge in [-0.05, 0) is 55.8 Å². The maximum absolute atomic E-state index is 13.1. The van der Waals surface area contributed by atoms with E-state index in [1.165, 1.54) is 38.9 Å². The molecule has 29 heavy (non-hydrogen) atoms. The molecule has 2 fully saturated rings. The van der Waals surface area contributed by atoms with Gasteiger partial charge in [0.25, 0.3) is 0 Å². The van der Waals surface area contributed by atoms with Crippen LogP contribution in [-0.2, 0) is 0 Å². The number of nitrogens with one attached hydrogen (secondary N) is 1. The molecule has 4 rings (SSSR count).